The predicted octanol–water partition coefficient (Wildman–Crippen LogP) is 2.44. The first kappa shape index (κ1) is 14.1. The number of fused-ring (bicyclic) bond motifs is 1. The standard InChI is InChI=1S/C18H21NO2/c19-12-18(13-20,15-6-2-1-3-7-15)10-14-11-21-17-9-5-4-8-16(14)17/h1-9,14,20H,10-13,19H2. The molecule has 3 nitrogen and oxygen atoms in total. The molecule has 3 rings (SSSR count). The molecule has 0 aliphatic carbocycles. The van der Waals surface area contributed by atoms with E-state index in [0.29, 0.717) is 13.2 Å². The van der Waals surface area contributed by atoms with E-state index in [4.69, 9.17) is 10.5 Å². The highest BCUT2D eigenvalue weighted by Crippen LogP contribution is 2.41. The van der Waals surface area contributed by atoms with E-state index < -0.39 is 5.41 Å². The van der Waals surface area contributed by atoms with Crippen LogP contribution in [0.15, 0.2) is 54.6 Å². The van der Waals surface area contributed by atoms with E-state index in [2.05, 4.69) is 6.07 Å². The highest BCUT2D eigenvalue weighted by atomic mass is 16.5. The maximum absolute atomic E-state index is 10.0. The fourth-order valence-electron chi connectivity index (χ4n) is 3.20. The number of aliphatic hydroxyl groups excluding tert-OH is 1. The molecule has 21 heavy (non-hydrogen) atoms. The van der Waals surface area contributed by atoms with Gasteiger partial charge in [0.05, 0.1) is 13.2 Å². The number of ether oxygens (including phenoxy) is 1. The lowest BCUT2D eigenvalue weighted by atomic mass is 9.73. The second-order valence-corrected chi connectivity index (χ2v) is 5.76. The maximum Gasteiger partial charge on any atom is 0.122 e. The SMILES string of the molecule is NCC(CO)(CC1COc2ccccc21)c1ccccc1. The zero-order valence-corrected chi connectivity index (χ0v) is 12.0. The van der Waals surface area contributed by atoms with Crippen molar-refractivity contribution in [3.8, 4) is 5.75 Å². The van der Waals surface area contributed by atoms with Crippen molar-refractivity contribution in [1.29, 1.82) is 0 Å². The van der Waals surface area contributed by atoms with Crippen molar-refractivity contribution in [2.75, 3.05) is 19.8 Å². The van der Waals surface area contributed by atoms with Crippen molar-refractivity contribution in [2.24, 2.45) is 5.73 Å². The van der Waals surface area contributed by atoms with E-state index in [9.17, 15) is 5.11 Å². The highest BCUT2D eigenvalue weighted by Gasteiger charge is 2.36. The van der Waals surface area contributed by atoms with Crippen LogP contribution in [-0.2, 0) is 5.41 Å². The molecule has 1 aliphatic rings. The molecular weight excluding hydrogens is 262 g/mol. The summed E-state index contributed by atoms with van der Waals surface area (Å²) in [5, 5.41) is 10.0. The van der Waals surface area contributed by atoms with Crippen LogP contribution in [0.25, 0.3) is 0 Å². The van der Waals surface area contributed by atoms with Gasteiger partial charge in [-0.1, -0.05) is 48.5 Å². The summed E-state index contributed by atoms with van der Waals surface area (Å²) in [5.41, 5.74) is 7.96. The molecule has 0 spiro atoms. The van der Waals surface area contributed by atoms with E-state index in [1.165, 1.54) is 5.56 Å². The third kappa shape index (κ3) is 2.55. The van der Waals surface area contributed by atoms with Gasteiger partial charge in [-0.15, -0.1) is 0 Å². The van der Waals surface area contributed by atoms with Crippen molar-refractivity contribution < 1.29 is 9.84 Å². The van der Waals surface area contributed by atoms with Gasteiger partial charge in [0, 0.05) is 23.4 Å². The van der Waals surface area contributed by atoms with Crippen LogP contribution in [0, 0.1) is 0 Å². The second kappa shape index (κ2) is 5.88. The third-order valence-electron chi connectivity index (χ3n) is 4.52. The molecule has 2 unspecified atom stereocenters. The Labute approximate surface area is 125 Å². The Morgan fingerprint density at radius 1 is 1.10 bits per heavy atom. The summed E-state index contributed by atoms with van der Waals surface area (Å²) >= 11 is 0. The van der Waals surface area contributed by atoms with Crippen LogP contribution < -0.4 is 10.5 Å². The molecule has 2 atom stereocenters. The maximum atomic E-state index is 10.0. The molecule has 3 N–H and O–H groups in total. The summed E-state index contributed by atoms with van der Waals surface area (Å²) in [6.07, 6.45) is 0.793. The van der Waals surface area contributed by atoms with Crippen molar-refractivity contribution in [1.82, 2.24) is 0 Å². The largest absolute Gasteiger partial charge is 0.493 e. The summed E-state index contributed by atoms with van der Waals surface area (Å²) in [4.78, 5) is 0. The lowest BCUT2D eigenvalue weighted by Gasteiger charge is -2.33. The molecule has 110 valence electrons. The molecule has 1 aliphatic heterocycles. The first-order valence-corrected chi connectivity index (χ1v) is 7.37. The lowest BCUT2D eigenvalue weighted by molar-refractivity contribution is 0.174. The number of rotatable bonds is 5. The molecule has 0 radical (unpaired) electrons. The fourth-order valence-corrected chi connectivity index (χ4v) is 3.20. The van der Waals surface area contributed by atoms with Crippen molar-refractivity contribution in [2.45, 2.75) is 17.8 Å². The van der Waals surface area contributed by atoms with Crippen LogP contribution >= 0.6 is 0 Å². The van der Waals surface area contributed by atoms with Gasteiger partial charge in [-0.2, -0.15) is 0 Å². The summed E-state index contributed by atoms with van der Waals surface area (Å²) in [6.45, 7) is 1.13. The van der Waals surface area contributed by atoms with Gasteiger partial charge >= 0.3 is 0 Å². The quantitative estimate of drug-likeness (QED) is 0.886. The number of para-hydroxylation sites is 1. The van der Waals surface area contributed by atoms with Gasteiger partial charge in [0.1, 0.15) is 5.75 Å². The zero-order chi connectivity index (χ0) is 14.7. The van der Waals surface area contributed by atoms with Crippen LogP contribution in [0.4, 0.5) is 0 Å². The molecule has 3 heteroatoms. The minimum atomic E-state index is -0.410. The van der Waals surface area contributed by atoms with E-state index in [-0.39, 0.29) is 12.5 Å². The van der Waals surface area contributed by atoms with Crippen LogP contribution in [0.1, 0.15) is 23.5 Å². The number of benzene rings is 2. The van der Waals surface area contributed by atoms with Crippen LogP contribution in [-0.4, -0.2) is 24.9 Å². The summed E-state index contributed by atoms with van der Waals surface area (Å²) in [6, 6.07) is 18.2. The number of hydrogen-bond donors (Lipinski definition) is 2. The van der Waals surface area contributed by atoms with Gasteiger partial charge in [0.25, 0.3) is 0 Å². The predicted molar refractivity (Wildman–Crippen MR) is 83.6 cm³/mol. The number of hydrogen-bond acceptors (Lipinski definition) is 3. The molecular formula is C18H21NO2. The minimum absolute atomic E-state index is 0.0478. The first-order valence-electron chi connectivity index (χ1n) is 7.37. The summed E-state index contributed by atoms with van der Waals surface area (Å²) in [5.74, 6) is 1.23. The molecule has 2 aromatic carbocycles. The Bertz CT molecular complexity index is 593. The van der Waals surface area contributed by atoms with Gasteiger partial charge < -0.3 is 15.6 Å². The molecule has 0 fully saturated rings. The van der Waals surface area contributed by atoms with Crippen LogP contribution in [0.2, 0.25) is 0 Å². The molecule has 0 amide bonds. The van der Waals surface area contributed by atoms with E-state index >= 15 is 0 Å². The molecule has 0 saturated carbocycles. The second-order valence-electron chi connectivity index (χ2n) is 5.76. The van der Waals surface area contributed by atoms with Gasteiger partial charge in [0.15, 0.2) is 0 Å². The van der Waals surface area contributed by atoms with Gasteiger partial charge in [-0.25, -0.2) is 0 Å². The Morgan fingerprint density at radius 2 is 1.81 bits per heavy atom. The Hall–Kier alpha value is -1.84. The van der Waals surface area contributed by atoms with Gasteiger partial charge in [-0.05, 0) is 18.1 Å². The molecule has 0 aromatic heterocycles. The van der Waals surface area contributed by atoms with Gasteiger partial charge in [0.2, 0.25) is 0 Å². The van der Waals surface area contributed by atoms with Crippen LogP contribution in [0.3, 0.4) is 0 Å². The monoisotopic (exact) mass is 283 g/mol. The normalized spacial score (nSPS) is 19.6. The van der Waals surface area contributed by atoms with Crippen LogP contribution in [0.5, 0.6) is 5.75 Å². The van der Waals surface area contributed by atoms with E-state index in [1.54, 1.807) is 0 Å². The molecule has 0 bridgehead atoms. The third-order valence-corrected chi connectivity index (χ3v) is 4.52. The minimum Gasteiger partial charge on any atom is -0.493 e. The van der Waals surface area contributed by atoms with Crippen molar-refractivity contribution in [3.63, 3.8) is 0 Å². The number of aliphatic hydroxyl groups is 1. The molecule has 1 heterocycles. The average Bonchev–Trinajstić information content (AvgIpc) is 2.96. The summed E-state index contributed by atoms with van der Waals surface area (Å²) < 4.78 is 5.76. The van der Waals surface area contributed by atoms with E-state index in [0.717, 1.165) is 17.7 Å². The topological polar surface area (TPSA) is 55.5 Å². The first-order chi connectivity index (χ1) is 10.3. The zero-order valence-electron chi connectivity index (χ0n) is 12.0. The average molecular weight is 283 g/mol. The van der Waals surface area contributed by atoms with Crippen molar-refractivity contribution >= 4 is 0 Å². The molecule has 2 aromatic rings. The summed E-state index contributed by atoms with van der Waals surface area (Å²) in [7, 11) is 0. The Kier molecular flexibility index (Phi) is 3.95. The van der Waals surface area contributed by atoms with Gasteiger partial charge in [-0.3, -0.25) is 0 Å². The highest BCUT2D eigenvalue weighted by molar-refractivity contribution is 5.40. The van der Waals surface area contributed by atoms with E-state index in [1.807, 2.05) is 48.5 Å². The lowest BCUT2D eigenvalue weighted by Crippen LogP contribution is -2.40. The Balaban J connectivity index is 1.91. The van der Waals surface area contributed by atoms with Crippen molar-refractivity contribution in [3.05, 3.63) is 65.7 Å². The number of nitrogens with two attached hydrogens (primary N) is 1. The fraction of sp³-hybridized carbons (Fsp3) is 0.333. The molecule has 0 saturated heterocycles. The smallest absolute Gasteiger partial charge is 0.122 e. The Morgan fingerprint density at radius 3 is 2.52 bits per heavy atom.